The third-order valence-corrected chi connectivity index (χ3v) is 4.04. The van der Waals surface area contributed by atoms with Crippen molar-refractivity contribution in [1.82, 2.24) is 0 Å². The van der Waals surface area contributed by atoms with Crippen LogP contribution in [0.2, 0.25) is 0 Å². The Labute approximate surface area is 141 Å². The molecule has 0 spiro atoms. The van der Waals surface area contributed by atoms with Gasteiger partial charge in [0, 0.05) is 17.0 Å². The molecule has 0 saturated heterocycles. The van der Waals surface area contributed by atoms with Crippen molar-refractivity contribution in [3.63, 3.8) is 0 Å². The molecule has 0 atom stereocenters. The SMILES string of the molecule is COc1ccc(C(=O)OCc2csc([N+](=O)[O-])c2)c(OC)c1OC. The van der Waals surface area contributed by atoms with E-state index in [1.165, 1.54) is 33.5 Å². The van der Waals surface area contributed by atoms with Crippen LogP contribution in [0.1, 0.15) is 15.9 Å². The minimum absolute atomic E-state index is 0.00949. The van der Waals surface area contributed by atoms with Crippen molar-refractivity contribution in [2.45, 2.75) is 6.61 Å². The summed E-state index contributed by atoms with van der Waals surface area (Å²) in [6, 6.07) is 4.43. The van der Waals surface area contributed by atoms with Crippen molar-refractivity contribution in [2.24, 2.45) is 0 Å². The van der Waals surface area contributed by atoms with Crippen molar-refractivity contribution < 1.29 is 28.7 Å². The zero-order valence-corrected chi connectivity index (χ0v) is 14.0. The van der Waals surface area contributed by atoms with Gasteiger partial charge in [0.1, 0.15) is 12.2 Å². The standard InChI is InChI=1S/C15H15NO7S/c1-20-11-5-4-10(13(21-2)14(11)22-3)15(17)23-7-9-6-12(16(18)19)24-8-9/h4-6,8H,7H2,1-3H3. The van der Waals surface area contributed by atoms with Gasteiger partial charge in [-0.15, -0.1) is 0 Å². The van der Waals surface area contributed by atoms with Crippen molar-refractivity contribution >= 4 is 22.3 Å². The molecule has 0 N–H and O–H groups in total. The minimum Gasteiger partial charge on any atom is -0.493 e. The van der Waals surface area contributed by atoms with Crippen LogP contribution in [0.5, 0.6) is 17.2 Å². The molecule has 1 aromatic heterocycles. The Balaban J connectivity index is 2.18. The van der Waals surface area contributed by atoms with E-state index < -0.39 is 10.9 Å². The fraction of sp³-hybridized carbons (Fsp3) is 0.267. The number of carbonyl (C=O) groups excluding carboxylic acids is 1. The molecule has 8 nitrogen and oxygen atoms in total. The summed E-state index contributed by atoms with van der Waals surface area (Å²) >= 11 is 0.972. The predicted octanol–water partition coefficient (Wildman–Crippen LogP) is 3.04. The topological polar surface area (TPSA) is 97.1 Å². The van der Waals surface area contributed by atoms with Gasteiger partial charge in [-0.3, -0.25) is 10.1 Å². The maximum Gasteiger partial charge on any atom is 0.342 e. The molecule has 1 heterocycles. The summed E-state index contributed by atoms with van der Waals surface area (Å²) in [4.78, 5) is 22.4. The van der Waals surface area contributed by atoms with Crippen LogP contribution in [0.4, 0.5) is 5.00 Å². The Kier molecular flexibility index (Phi) is 5.59. The first-order valence-electron chi connectivity index (χ1n) is 6.69. The number of methoxy groups -OCH3 is 3. The molecule has 0 aliphatic rings. The average molecular weight is 353 g/mol. The number of thiophene rings is 1. The first-order chi connectivity index (χ1) is 11.5. The van der Waals surface area contributed by atoms with Gasteiger partial charge in [-0.25, -0.2) is 4.79 Å². The van der Waals surface area contributed by atoms with Gasteiger partial charge < -0.3 is 18.9 Å². The van der Waals surface area contributed by atoms with Crippen LogP contribution in [0.25, 0.3) is 0 Å². The van der Waals surface area contributed by atoms with E-state index in [1.807, 2.05) is 0 Å². The summed E-state index contributed by atoms with van der Waals surface area (Å²) in [7, 11) is 4.30. The highest BCUT2D eigenvalue weighted by atomic mass is 32.1. The number of hydrogen-bond donors (Lipinski definition) is 0. The van der Waals surface area contributed by atoms with Gasteiger partial charge in [0.05, 0.1) is 26.3 Å². The van der Waals surface area contributed by atoms with Gasteiger partial charge in [0.2, 0.25) is 5.75 Å². The molecular formula is C15H15NO7S. The largest absolute Gasteiger partial charge is 0.493 e. The van der Waals surface area contributed by atoms with Crippen molar-refractivity contribution in [3.05, 3.63) is 44.8 Å². The third-order valence-electron chi connectivity index (χ3n) is 3.11. The quantitative estimate of drug-likeness (QED) is 0.429. The van der Waals surface area contributed by atoms with Crippen LogP contribution in [0.3, 0.4) is 0 Å². The zero-order valence-electron chi connectivity index (χ0n) is 13.2. The maximum atomic E-state index is 12.3. The number of rotatable bonds is 7. The first-order valence-corrected chi connectivity index (χ1v) is 7.57. The Morgan fingerprint density at radius 1 is 1.17 bits per heavy atom. The summed E-state index contributed by atoms with van der Waals surface area (Å²) in [5.74, 6) is 0.250. The van der Waals surface area contributed by atoms with E-state index in [9.17, 15) is 14.9 Å². The predicted molar refractivity (Wildman–Crippen MR) is 86.2 cm³/mol. The molecule has 0 aliphatic heterocycles. The first kappa shape index (κ1) is 17.5. The Morgan fingerprint density at radius 3 is 2.42 bits per heavy atom. The second-order valence-corrected chi connectivity index (χ2v) is 5.40. The molecule has 128 valence electrons. The lowest BCUT2D eigenvalue weighted by Crippen LogP contribution is -2.08. The second kappa shape index (κ2) is 7.64. The summed E-state index contributed by atoms with van der Waals surface area (Å²) in [5, 5.41) is 12.2. The highest BCUT2D eigenvalue weighted by Gasteiger charge is 2.22. The van der Waals surface area contributed by atoms with E-state index >= 15 is 0 Å². The molecule has 2 aromatic rings. The van der Waals surface area contributed by atoms with E-state index in [0.29, 0.717) is 11.3 Å². The Morgan fingerprint density at radius 2 is 1.88 bits per heavy atom. The summed E-state index contributed by atoms with van der Waals surface area (Å²) in [6.45, 7) is -0.0827. The molecule has 0 bridgehead atoms. The third kappa shape index (κ3) is 3.57. The van der Waals surface area contributed by atoms with E-state index in [4.69, 9.17) is 18.9 Å². The minimum atomic E-state index is -0.637. The smallest absolute Gasteiger partial charge is 0.342 e. The fourth-order valence-electron chi connectivity index (χ4n) is 2.02. The van der Waals surface area contributed by atoms with E-state index in [1.54, 1.807) is 11.4 Å². The molecule has 0 radical (unpaired) electrons. The van der Waals surface area contributed by atoms with Crippen LogP contribution < -0.4 is 14.2 Å². The Hall–Kier alpha value is -2.81. The number of carbonyl (C=O) groups is 1. The van der Waals surface area contributed by atoms with Crippen LogP contribution in [0.15, 0.2) is 23.6 Å². The van der Waals surface area contributed by atoms with Crippen LogP contribution >= 0.6 is 11.3 Å². The lowest BCUT2D eigenvalue weighted by molar-refractivity contribution is -0.380. The molecule has 1 aromatic carbocycles. The summed E-state index contributed by atoms with van der Waals surface area (Å²) in [6.07, 6.45) is 0. The summed E-state index contributed by atoms with van der Waals surface area (Å²) < 4.78 is 20.8. The molecule has 0 saturated carbocycles. The average Bonchev–Trinajstić information content (AvgIpc) is 3.07. The molecule has 0 aliphatic carbocycles. The van der Waals surface area contributed by atoms with E-state index in [-0.39, 0.29) is 28.7 Å². The van der Waals surface area contributed by atoms with Gasteiger partial charge in [0.15, 0.2) is 11.5 Å². The van der Waals surface area contributed by atoms with Crippen molar-refractivity contribution in [1.29, 1.82) is 0 Å². The Bertz CT molecular complexity index is 756. The van der Waals surface area contributed by atoms with Gasteiger partial charge >= 0.3 is 11.0 Å². The number of hydrogen-bond acceptors (Lipinski definition) is 8. The lowest BCUT2D eigenvalue weighted by Gasteiger charge is -2.15. The number of nitrogens with zero attached hydrogens (tertiary/aromatic N) is 1. The van der Waals surface area contributed by atoms with Crippen molar-refractivity contribution in [3.8, 4) is 17.2 Å². The van der Waals surface area contributed by atoms with E-state index in [2.05, 4.69) is 0 Å². The highest BCUT2D eigenvalue weighted by molar-refractivity contribution is 7.13. The fourth-order valence-corrected chi connectivity index (χ4v) is 2.74. The van der Waals surface area contributed by atoms with Gasteiger partial charge in [-0.05, 0) is 12.1 Å². The molecule has 2 rings (SSSR count). The molecule has 9 heteroatoms. The van der Waals surface area contributed by atoms with Gasteiger partial charge in [-0.1, -0.05) is 11.3 Å². The van der Waals surface area contributed by atoms with Crippen LogP contribution in [0, 0.1) is 10.1 Å². The maximum absolute atomic E-state index is 12.3. The number of benzene rings is 1. The molecule has 24 heavy (non-hydrogen) atoms. The van der Waals surface area contributed by atoms with Crippen LogP contribution in [-0.4, -0.2) is 32.2 Å². The van der Waals surface area contributed by atoms with Crippen molar-refractivity contribution in [2.75, 3.05) is 21.3 Å². The zero-order chi connectivity index (χ0) is 17.7. The lowest BCUT2D eigenvalue weighted by atomic mass is 10.1. The van der Waals surface area contributed by atoms with Gasteiger partial charge in [-0.2, -0.15) is 0 Å². The molecule has 0 fully saturated rings. The number of nitro groups is 1. The number of ether oxygens (including phenoxy) is 4. The second-order valence-electron chi connectivity index (χ2n) is 4.51. The van der Waals surface area contributed by atoms with Gasteiger partial charge in [0.25, 0.3) is 0 Å². The van der Waals surface area contributed by atoms with Crippen LogP contribution in [-0.2, 0) is 11.3 Å². The number of esters is 1. The molecular weight excluding hydrogens is 338 g/mol. The highest BCUT2D eigenvalue weighted by Crippen LogP contribution is 2.40. The van der Waals surface area contributed by atoms with E-state index in [0.717, 1.165) is 11.3 Å². The molecule has 0 unspecified atom stereocenters. The monoisotopic (exact) mass is 353 g/mol. The molecule has 0 amide bonds. The normalized spacial score (nSPS) is 10.1. The summed E-state index contributed by atoms with van der Waals surface area (Å²) in [5.41, 5.74) is 0.708.